The van der Waals surface area contributed by atoms with Crippen LogP contribution in [0.4, 0.5) is 0 Å². The smallest absolute Gasteiger partial charge is 0.130 e. The van der Waals surface area contributed by atoms with Crippen LogP contribution >= 0.6 is 15.9 Å². The molecular formula is C13H14BrN3. The molecule has 3 rings (SSSR count). The first kappa shape index (κ1) is 11.1. The predicted octanol–water partition coefficient (Wildman–Crippen LogP) is 2.69. The Balaban J connectivity index is 1.92. The number of nitrogens with one attached hydrogen (secondary N) is 1. The number of hydrogen-bond acceptors (Lipinski definition) is 3. The molecule has 1 aromatic heterocycles. The first-order chi connectivity index (χ1) is 8.33. The van der Waals surface area contributed by atoms with E-state index in [1.54, 1.807) is 0 Å². The van der Waals surface area contributed by atoms with Gasteiger partial charge in [-0.15, -0.1) is 0 Å². The molecule has 1 saturated heterocycles. The Labute approximate surface area is 109 Å². The van der Waals surface area contributed by atoms with Crippen molar-refractivity contribution >= 4 is 26.8 Å². The quantitative estimate of drug-likeness (QED) is 0.924. The highest BCUT2D eigenvalue weighted by molar-refractivity contribution is 9.10. The van der Waals surface area contributed by atoms with E-state index in [1.165, 1.54) is 12.8 Å². The first-order valence-corrected chi connectivity index (χ1v) is 6.76. The highest BCUT2D eigenvalue weighted by atomic mass is 79.9. The van der Waals surface area contributed by atoms with Gasteiger partial charge < -0.3 is 5.32 Å². The largest absolute Gasteiger partial charge is 0.314 e. The molecule has 1 aliphatic heterocycles. The zero-order chi connectivity index (χ0) is 11.7. The summed E-state index contributed by atoms with van der Waals surface area (Å²) in [5, 5.41) is 4.56. The van der Waals surface area contributed by atoms with E-state index in [4.69, 9.17) is 0 Å². The normalized spacial score (nSPS) is 19.9. The standard InChI is InChI=1S/C13H14BrN3/c14-11-5-1-3-9-8-16-12(17-13(9)11)7-10-4-2-6-15-10/h1,3,5,8,10,15H,2,4,6-7H2. The van der Waals surface area contributed by atoms with Gasteiger partial charge in [0.2, 0.25) is 0 Å². The molecule has 3 nitrogen and oxygen atoms in total. The molecule has 0 radical (unpaired) electrons. The maximum absolute atomic E-state index is 4.64. The summed E-state index contributed by atoms with van der Waals surface area (Å²) in [6, 6.07) is 6.62. The van der Waals surface area contributed by atoms with Gasteiger partial charge in [-0.2, -0.15) is 0 Å². The van der Waals surface area contributed by atoms with Crippen molar-refractivity contribution in [2.45, 2.75) is 25.3 Å². The van der Waals surface area contributed by atoms with Gasteiger partial charge in [-0.05, 0) is 41.4 Å². The summed E-state index contributed by atoms with van der Waals surface area (Å²) in [5.74, 6) is 0.934. The monoisotopic (exact) mass is 291 g/mol. The lowest BCUT2D eigenvalue weighted by atomic mass is 10.1. The number of para-hydroxylation sites is 1. The topological polar surface area (TPSA) is 37.8 Å². The maximum Gasteiger partial charge on any atom is 0.130 e. The Kier molecular flexibility index (Phi) is 3.07. The molecule has 0 aliphatic carbocycles. The van der Waals surface area contributed by atoms with E-state index in [-0.39, 0.29) is 0 Å². The summed E-state index contributed by atoms with van der Waals surface area (Å²) < 4.78 is 1.04. The average Bonchev–Trinajstić information content (AvgIpc) is 2.83. The molecule has 4 heteroatoms. The van der Waals surface area contributed by atoms with Crippen LogP contribution in [0.15, 0.2) is 28.9 Å². The number of aromatic nitrogens is 2. The van der Waals surface area contributed by atoms with Crippen LogP contribution in [0.2, 0.25) is 0 Å². The SMILES string of the molecule is Brc1cccc2cnc(CC3CCCN3)nc12. The van der Waals surface area contributed by atoms with E-state index in [2.05, 4.69) is 31.2 Å². The average molecular weight is 292 g/mol. The van der Waals surface area contributed by atoms with Crippen molar-refractivity contribution in [3.8, 4) is 0 Å². The van der Waals surface area contributed by atoms with Crippen molar-refractivity contribution in [1.29, 1.82) is 0 Å². The molecule has 1 aromatic carbocycles. The van der Waals surface area contributed by atoms with E-state index in [0.29, 0.717) is 6.04 Å². The van der Waals surface area contributed by atoms with Crippen molar-refractivity contribution < 1.29 is 0 Å². The van der Waals surface area contributed by atoms with Gasteiger partial charge in [-0.1, -0.05) is 12.1 Å². The van der Waals surface area contributed by atoms with Crippen LogP contribution in [0.1, 0.15) is 18.7 Å². The minimum absolute atomic E-state index is 0.551. The Hall–Kier alpha value is -1.00. The van der Waals surface area contributed by atoms with Gasteiger partial charge in [0.25, 0.3) is 0 Å². The predicted molar refractivity (Wildman–Crippen MR) is 72.0 cm³/mol. The van der Waals surface area contributed by atoms with Crippen molar-refractivity contribution in [3.63, 3.8) is 0 Å². The molecule has 1 atom stereocenters. The molecule has 0 amide bonds. The van der Waals surface area contributed by atoms with Crippen LogP contribution in [0.5, 0.6) is 0 Å². The fraction of sp³-hybridized carbons (Fsp3) is 0.385. The van der Waals surface area contributed by atoms with Gasteiger partial charge in [0.1, 0.15) is 5.82 Å². The zero-order valence-corrected chi connectivity index (χ0v) is 11.1. The maximum atomic E-state index is 4.64. The Morgan fingerprint density at radius 3 is 3.18 bits per heavy atom. The van der Waals surface area contributed by atoms with E-state index in [0.717, 1.165) is 34.2 Å². The van der Waals surface area contributed by atoms with E-state index in [1.807, 2.05) is 24.4 Å². The van der Waals surface area contributed by atoms with Crippen molar-refractivity contribution in [1.82, 2.24) is 15.3 Å². The minimum Gasteiger partial charge on any atom is -0.314 e. The summed E-state index contributed by atoms with van der Waals surface area (Å²) in [4.78, 5) is 9.08. The number of hydrogen-bond donors (Lipinski definition) is 1. The molecular weight excluding hydrogens is 278 g/mol. The molecule has 1 fully saturated rings. The van der Waals surface area contributed by atoms with E-state index < -0.39 is 0 Å². The molecule has 17 heavy (non-hydrogen) atoms. The molecule has 2 aromatic rings. The van der Waals surface area contributed by atoms with Crippen molar-refractivity contribution in [2.24, 2.45) is 0 Å². The van der Waals surface area contributed by atoms with E-state index in [9.17, 15) is 0 Å². The first-order valence-electron chi connectivity index (χ1n) is 5.96. The Bertz CT molecular complexity index is 535. The molecule has 2 heterocycles. The van der Waals surface area contributed by atoms with Crippen LogP contribution in [0.25, 0.3) is 10.9 Å². The summed E-state index contributed by atoms with van der Waals surface area (Å²) >= 11 is 3.54. The highest BCUT2D eigenvalue weighted by Crippen LogP contribution is 2.21. The number of rotatable bonds is 2. The van der Waals surface area contributed by atoms with Gasteiger partial charge in [0.05, 0.1) is 5.52 Å². The minimum atomic E-state index is 0.551. The lowest BCUT2D eigenvalue weighted by Crippen LogP contribution is -2.24. The molecule has 0 bridgehead atoms. The molecule has 0 saturated carbocycles. The van der Waals surface area contributed by atoms with Gasteiger partial charge in [0.15, 0.2) is 0 Å². The highest BCUT2D eigenvalue weighted by Gasteiger charge is 2.16. The third-order valence-electron chi connectivity index (χ3n) is 3.20. The fourth-order valence-corrected chi connectivity index (χ4v) is 2.78. The van der Waals surface area contributed by atoms with Crippen LogP contribution in [-0.4, -0.2) is 22.6 Å². The van der Waals surface area contributed by atoms with Crippen LogP contribution in [0, 0.1) is 0 Å². The molecule has 1 aliphatic rings. The second kappa shape index (κ2) is 4.70. The van der Waals surface area contributed by atoms with Gasteiger partial charge >= 0.3 is 0 Å². The third kappa shape index (κ3) is 2.33. The van der Waals surface area contributed by atoms with Crippen LogP contribution < -0.4 is 5.32 Å². The number of benzene rings is 1. The van der Waals surface area contributed by atoms with Gasteiger partial charge in [-0.3, -0.25) is 0 Å². The summed E-state index contributed by atoms with van der Waals surface area (Å²) in [6.45, 7) is 1.13. The lowest BCUT2D eigenvalue weighted by Gasteiger charge is -2.09. The Morgan fingerprint density at radius 2 is 2.35 bits per heavy atom. The van der Waals surface area contributed by atoms with Gasteiger partial charge in [0, 0.05) is 28.5 Å². The third-order valence-corrected chi connectivity index (χ3v) is 3.84. The number of halogens is 1. The fourth-order valence-electron chi connectivity index (χ4n) is 2.31. The molecule has 1 N–H and O–H groups in total. The van der Waals surface area contributed by atoms with Gasteiger partial charge in [-0.25, -0.2) is 9.97 Å². The second-order valence-corrected chi connectivity index (χ2v) is 5.32. The van der Waals surface area contributed by atoms with E-state index >= 15 is 0 Å². The molecule has 88 valence electrons. The summed E-state index contributed by atoms with van der Waals surface area (Å²) in [5.41, 5.74) is 1.01. The van der Waals surface area contributed by atoms with Crippen LogP contribution in [0.3, 0.4) is 0 Å². The zero-order valence-electron chi connectivity index (χ0n) is 9.49. The van der Waals surface area contributed by atoms with Crippen LogP contribution in [-0.2, 0) is 6.42 Å². The van der Waals surface area contributed by atoms with Crippen molar-refractivity contribution in [2.75, 3.05) is 6.54 Å². The molecule has 0 spiro atoms. The Morgan fingerprint density at radius 1 is 1.41 bits per heavy atom. The summed E-state index contributed by atoms with van der Waals surface area (Å²) in [6.07, 6.45) is 5.34. The number of nitrogens with zero attached hydrogens (tertiary/aromatic N) is 2. The van der Waals surface area contributed by atoms with Crippen molar-refractivity contribution in [3.05, 3.63) is 34.7 Å². The molecule has 1 unspecified atom stereocenters. The lowest BCUT2D eigenvalue weighted by molar-refractivity contribution is 0.586. The second-order valence-electron chi connectivity index (χ2n) is 4.46. The summed E-state index contributed by atoms with van der Waals surface area (Å²) in [7, 11) is 0. The number of fused-ring (bicyclic) bond motifs is 1.